The molecule has 9 nitrogen and oxygen atoms in total. The molecule has 0 spiro atoms. The van der Waals surface area contributed by atoms with Crippen LogP contribution in [0.5, 0.6) is 0 Å². The number of nitrogen functional groups attached to an aromatic ring is 1. The minimum Gasteiger partial charge on any atom is -0.545 e. The van der Waals surface area contributed by atoms with E-state index in [1.54, 1.807) is 12.1 Å². The topological polar surface area (TPSA) is 165 Å². The summed E-state index contributed by atoms with van der Waals surface area (Å²) >= 11 is 12.1. The van der Waals surface area contributed by atoms with Gasteiger partial charge in [-0.15, -0.1) is 0 Å². The normalized spacial score (nSPS) is 17.3. The molecule has 2 aromatic carbocycles. The van der Waals surface area contributed by atoms with Crippen molar-refractivity contribution < 1.29 is 34.4 Å². The van der Waals surface area contributed by atoms with E-state index >= 15 is 0 Å². The van der Waals surface area contributed by atoms with Crippen LogP contribution < -0.4 is 21.3 Å². The molecule has 1 unspecified atom stereocenters. The summed E-state index contributed by atoms with van der Waals surface area (Å²) in [4.78, 5) is 30.9. The standard InChI is InChI=1S/C26H34Cl2N2O3.C4H4O4/c27-22-13-21(14-23(28)26(22)29)24(31)16-30-15-19-9-11-20(12-10-19)17-33-25(32)8-4-7-18-5-2-1-3-6-18;5-3(6)1-2-4(7)8/h1-3,5-6,13-14,19-20,24,30-31H,4,7-12,15-17,29H2;1-2H,(H,5,6)(H,7,8)/p-2/b;2-1-. The highest BCUT2D eigenvalue weighted by Gasteiger charge is 2.22. The predicted molar refractivity (Wildman–Crippen MR) is 154 cm³/mol. The van der Waals surface area contributed by atoms with Crippen molar-refractivity contribution in [2.24, 2.45) is 11.8 Å². The van der Waals surface area contributed by atoms with E-state index in [-0.39, 0.29) is 5.97 Å². The molecule has 1 atom stereocenters. The molecule has 1 fully saturated rings. The van der Waals surface area contributed by atoms with Gasteiger partial charge in [0.2, 0.25) is 0 Å². The summed E-state index contributed by atoms with van der Waals surface area (Å²) < 4.78 is 5.53. The summed E-state index contributed by atoms with van der Waals surface area (Å²) in [6.45, 7) is 1.80. The molecule has 0 aliphatic heterocycles. The van der Waals surface area contributed by atoms with Gasteiger partial charge in [-0.25, -0.2) is 0 Å². The van der Waals surface area contributed by atoms with Gasteiger partial charge in [-0.1, -0.05) is 53.5 Å². The van der Waals surface area contributed by atoms with Crippen LogP contribution >= 0.6 is 23.2 Å². The highest BCUT2D eigenvalue weighted by Crippen LogP contribution is 2.31. The second kappa shape index (κ2) is 18.3. The molecule has 1 saturated carbocycles. The first kappa shape index (κ1) is 34.1. The minimum atomic E-state index is -1.55. The first-order chi connectivity index (χ1) is 19.5. The fourth-order valence-electron chi connectivity index (χ4n) is 4.44. The molecule has 1 aliphatic rings. The number of aliphatic carboxylic acids is 2. The molecule has 0 radical (unpaired) electrons. The summed E-state index contributed by atoms with van der Waals surface area (Å²) in [5, 5.41) is 33.3. The van der Waals surface area contributed by atoms with Gasteiger partial charge in [0.1, 0.15) is 0 Å². The van der Waals surface area contributed by atoms with Crippen LogP contribution in [0.25, 0.3) is 0 Å². The SMILES string of the molecule is Nc1c(Cl)cc(C(O)CNCC2CCC(COC(=O)CCCc3ccccc3)CC2)cc1Cl.O=C([O-])/C=C\C(=O)[O-]. The molecule has 0 saturated heterocycles. The molecule has 3 rings (SSSR count). The Labute approximate surface area is 250 Å². The van der Waals surface area contributed by atoms with E-state index in [0.29, 0.717) is 64.9 Å². The first-order valence-electron chi connectivity index (χ1n) is 13.5. The first-order valence-corrected chi connectivity index (χ1v) is 14.2. The number of anilines is 1. The van der Waals surface area contributed by atoms with E-state index in [1.807, 2.05) is 18.2 Å². The molecule has 0 aromatic heterocycles. The number of hydrogen-bond acceptors (Lipinski definition) is 9. The van der Waals surface area contributed by atoms with Crippen molar-refractivity contribution >= 4 is 46.8 Å². The molecule has 11 heteroatoms. The van der Waals surface area contributed by atoms with E-state index < -0.39 is 18.0 Å². The second-order valence-electron chi connectivity index (χ2n) is 9.95. The highest BCUT2D eigenvalue weighted by molar-refractivity contribution is 6.38. The number of esters is 1. The molecule has 0 heterocycles. The summed E-state index contributed by atoms with van der Waals surface area (Å²) in [5.41, 5.74) is 7.99. The van der Waals surface area contributed by atoms with Crippen LogP contribution in [0.2, 0.25) is 10.0 Å². The molecule has 2 aromatic rings. The molecule has 0 bridgehead atoms. The minimum absolute atomic E-state index is 0.0911. The fourth-order valence-corrected chi connectivity index (χ4v) is 4.95. The monoisotopic (exact) mass is 606 g/mol. The average molecular weight is 608 g/mol. The Morgan fingerprint density at radius 1 is 1.00 bits per heavy atom. The second-order valence-corrected chi connectivity index (χ2v) is 10.8. The maximum Gasteiger partial charge on any atom is 0.305 e. The molecule has 4 N–H and O–H groups in total. The van der Waals surface area contributed by atoms with Crippen molar-refractivity contribution in [2.75, 3.05) is 25.4 Å². The molecular formula is C30H36Cl2N2O7-2. The number of ether oxygens (including phenoxy) is 1. The number of halogens is 2. The number of aryl methyl sites for hydroxylation is 1. The van der Waals surface area contributed by atoms with Crippen molar-refractivity contribution in [3.63, 3.8) is 0 Å². The Hall–Kier alpha value is -3.11. The third-order valence-electron chi connectivity index (χ3n) is 6.75. The van der Waals surface area contributed by atoms with Gasteiger partial charge in [-0.3, -0.25) is 4.79 Å². The number of hydrogen-bond donors (Lipinski definition) is 3. The van der Waals surface area contributed by atoms with Gasteiger partial charge in [-0.05, 0) is 92.3 Å². The zero-order valence-corrected chi connectivity index (χ0v) is 24.2. The lowest BCUT2D eigenvalue weighted by Gasteiger charge is -2.28. The zero-order chi connectivity index (χ0) is 30.2. The smallest absolute Gasteiger partial charge is 0.305 e. The molecule has 0 amide bonds. The third-order valence-corrected chi connectivity index (χ3v) is 7.37. The molecule has 1 aliphatic carbocycles. The predicted octanol–water partition coefficient (Wildman–Crippen LogP) is 2.61. The van der Waals surface area contributed by atoms with Crippen molar-refractivity contribution in [2.45, 2.75) is 51.0 Å². The van der Waals surface area contributed by atoms with Gasteiger partial charge in [0.25, 0.3) is 0 Å². The van der Waals surface area contributed by atoms with Crippen molar-refractivity contribution in [3.8, 4) is 0 Å². The van der Waals surface area contributed by atoms with Gasteiger partial charge in [0.15, 0.2) is 0 Å². The van der Waals surface area contributed by atoms with E-state index in [1.165, 1.54) is 5.56 Å². The van der Waals surface area contributed by atoms with Crippen LogP contribution in [0.3, 0.4) is 0 Å². The Bertz CT molecular complexity index is 1110. The average Bonchev–Trinajstić information content (AvgIpc) is 2.95. The number of aliphatic hydroxyl groups is 1. The third kappa shape index (κ3) is 13.9. The van der Waals surface area contributed by atoms with E-state index in [2.05, 4.69) is 17.4 Å². The van der Waals surface area contributed by atoms with Crippen LogP contribution in [-0.2, 0) is 25.5 Å². The summed E-state index contributed by atoms with van der Waals surface area (Å²) in [7, 11) is 0. The molecule has 224 valence electrons. The summed E-state index contributed by atoms with van der Waals surface area (Å²) in [6.07, 6.45) is 6.59. The lowest BCUT2D eigenvalue weighted by atomic mass is 9.82. The fraction of sp³-hybridized carbons (Fsp3) is 0.433. The molecule has 41 heavy (non-hydrogen) atoms. The van der Waals surface area contributed by atoms with Crippen LogP contribution in [-0.4, -0.2) is 42.7 Å². The Morgan fingerprint density at radius 3 is 2.12 bits per heavy atom. The zero-order valence-electron chi connectivity index (χ0n) is 22.7. The number of rotatable bonds is 13. The van der Waals surface area contributed by atoms with Crippen LogP contribution in [0, 0.1) is 11.8 Å². The number of carboxylic acids is 2. The summed E-state index contributed by atoms with van der Waals surface area (Å²) in [6, 6.07) is 13.5. The van der Waals surface area contributed by atoms with Gasteiger partial charge in [-0.2, -0.15) is 0 Å². The van der Waals surface area contributed by atoms with Crippen molar-refractivity contribution in [1.82, 2.24) is 5.32 Å². The maximum atomic E-state index is 12.0. The van der Waals surface area contributed by atoms with Crippen molar-refractivity contribution in [3.05, 3.63) is 75.8 Å². The Kier molecular flexibility index (Phi) is 15.3. The van der Waals surface area contributed by atoms with E-state index in [9.17, 15) is 29.7 Å². The quantitative estimate of drug-likeness (QED) is 0.176. The number of nitrogens with one attached hydrogen (secondary N) is 1. The van der Waals surface area contributed by atoms with Gasteiger partial charge < -0.3 is 40.7 Å². The van der Waals surface area contributed by atoms with Gasteiger partial charge in [0, 0.05) is 13.0 Å². The largest absolute Gasteiger partial charge is 0.545 e. The van der Waals surface area contributed by atoms with Crippen molar-refractivity contribution in [1.29, 1.82) is 0 Å². The van der Waals surface area contributed by atoms with E-state index in [4.69, 9.17) is 33.7 Å². The number of benzene rings is 2. The Balaban J connectivity index is 0.000000642. The lowest BCUT2D eigenvalue weighted by Crippen LogP contribution is -2.30. The summed E-state index contributed by atoms with van der Waals surface area (Å²) in [5.74, 6) is -2.17. The highest BCUT2D eigenvalue weighted by atomic mass is 35.5. The maximum absolute atomic E-state index is 12.0. The number of carboxylic acid groups (broad SMARTS) is 2. The van der Waals surface area contributed by atoms with Crippen LogP contribution in [0.15, 0.2) is 54.6 Å². The lowest BCUT2D eigenvalue weighted by molar-refractivity contribution is -0.301. The van der Waals surface area contributed by atoms with Gasteiger partial charge >= 0.3 is 5.97 Å². The van der Waals surface area contributed by atoms with Gasteiger partial charge in [0.05, 0.1) is 40.4 Å². The van der Waals surface area contributed by atoms with Crippen LogP contribution in [0.1, 0.15) is 55.8 Å². The number of carbonyl (C=O) groups is 3. The Morgan fingerprint density at radius 2 is 1.56 bits per heavy atom. The van der Waals surface area contributed by atoms with Crippen LogP contribution in [0.4, 0.5) is 5.69 Å². The van der Waals surface area contributed by atoms with E-state index in [0.717, 1.165) is 45.1 Å². The number of aliphatic hydroxyl groups excluding tert-OH is 1. The molecular weight excluding hydrogens is 571 g/mol. The number of carbonyl (C=O) groups excluding carboxylic acids is 3. The number of nitrogens with two attached hydrogens (primary N) is 1.